The van der Waals surface area contributed by atoms with Gasteiger partial charge in [-0.25, -0.2) is 0 Å². The highest BCUT2D eigenvalue weighted by Gasteiger charge is 2.31. The van der Waals surface area contributed by atoms with E-state index in [1.165, 1.54) is 25.9 Å². The van der Waals surface area contributed by atoms with Crippen LogP contribution < -0.4 is 10.1 Å². The lowest BCUT2D eigenvalue weighted by atomic mass is 10.0. The van der Waals surface area contributed by atoms with E-state index in [2.05, 4.69) is 17.1 Å². The quantitative estimate of drug-likeness (QED) is 0.723. The lowest BCUT2D eigenvalue weighted by molar-refractivity contribution is -0.139. The van der Waals surface area contributed by atoms with Crippen molar-refractivity contribution in [2.45, 2.75) is 52.6 Å². The zero-order valence-electron chi connectivity index (χ0n) is 16.7. The number of carbonyl (C=O) groups excluding carboxylic acids is 1. The molecule has 0 bridgehead atoms. The van der Waals surface area contributed by atoms with Crippen molar-refractivity contribution in [2.75, 3.05) is 38.2 Å². The first-order valence-electron chi connectivity index (χ1n) is 9.87. The van der Waals surface area contributed by atoms with E-state index in [0.717, 1.165) is 23.9 Å². The van der Waals surface area contributed by atoms with Gasteiger partial charge in [-0.05, 0) is 69.8 Å². The maximum atomic E-state index is 12.4. The van der Waals surface area contributed by atoms with E-state index >= 15 is 0 Å². The van der Waals surface area contributed by atoms with Crippen molar-refractivity contribution in [1.29, 1.82) is 0 Å². The Bertz CT molecular complexity index is 561. The van der Waals surface area contributed by atoms with Crippen LogP contribution in [0.4, 0.5) is 5.69 Å². The van der Waals surface area contributed by atoms with Crippen molar-refractivity contribution >= 4 is 11.6 Å². The number of carbonyl (C=O) groups is 1. The van der Waals surface area contributed by atoms with E-state index in [1.807, 2.05) is 45.0 Å². The number of ether oxygens (including phenoxy) is 2. The van der Waals surface area contributed by atoms with Gasteiger partial charge in [-0.2, -0.15) is 0 Å². The van der Waals surface area contributed by atoms with E-state index in [1.54, 1.807) is 0 Å². The molecule has 1 fully saturated rings. The summed E-state index contributed by atoms with van der Waals surface area (Å²) in [6, 6.07) is 7.55. The fraction of sp³-hybridized carbons (Fsp3) is 0.667. The van der Waals surface area contributed by atoms with Gasteiger partial charge in [0.25, 0.3) is 5.91 Å². The second kappa shape index (κ2) is 9.93. The molecule has 2 rings (SSSR count). The zero-order valence-corrected chi connectivity index (χ0v) is 16.7. The summed E-state index contributed by atoms with van der Waals surface area (Å²) in [7, 11) is 0. The number of piperidine rings is 1. The average Bonchev–Trinajstić information content (AvgIpc) is 2.63. The Morgan fingerprint density at radius 1 is 1.31 bits per heavy atom. The molecule has 146 valence electrons. The van der Waals surface area contributed by atoms with E-state index in [0.29, 0.717) is 19.6 Å². The van der Waals surface area contributed by atoms with Crippen molar-refractivity contribution in [2.24, 2.45) is 5.92 Å². The molecular weight excluding hydrogens is 328 g/mol. The molecule has 26 heavy (non-hydrogen) atoms. The predicted octanol–water partition coefficient (Wildman–Crippen LogP) is 3.94. The Labute approximate surface area is 158 Å². The van der Waals surface area contributed by atoms with Gasteiger partial charge in [0.15, 0.2) is 0 Å². The predicted molar refractivity (Wildman–Crippen MR) is 106 cm³/mol. The van der Waals surface area contributed by atoms with Crippen molar-refractivity contribution in [3.63, 3.8) is 0 Å². The molecule has 0 saturated carbocycles. The van der Waals surface area contributed by atoms with Gasteiger partial charge in [-0.3, -0.25) is 9.69 Å². The van der Waals surface area contributed by atoms with E-state index in [9.17, 15) is 4.79 Å². The van der Waals surface area contributed by atoms with Crippen LogP contribution in [0.2, 0.25) is 0 Å². The standard InChI is InChI=1S/C21H34N2O3/c1-5-21(4,26-6-2)20(24)22-18-9-11-19(12-10-18)25-15-14-23-13-7-8-17(3)16-23/h9-12,17H,5-8,13-16H2,1-4H3,(H,22,24). The van der Waals surface area contributed by atoms with Gasteiger partial charge in [0.1, 0.15) is 18.0 Å². The monoisotopic (exact) mass is 362 g/mol. The third kappa shape index (κ3) is 5.99. The van der Waals surface area contributed by atoms with Crippen LogP contribution in [0.3, 0.4) is 0 Å². The Balaban J connectivity index is 1.79. The van der Waals surface area contributed by atoms with Crippen LogP contribution in [0.5, 0.6) is 5.75 Å². The minimum absolute atomic E-state index is 0.116. The Morgan fingerprint density at radius 3 is 2.65 bits per heavy atom. The Kier molecular flexibility index (Phi) is 7.91. The van der Waals surface area contributed by atoms with Gasteiger partial charge < -0.3 is 14.8 Å². The third-order valence-corrected chi connectivity index (χ3v) is 5.15. The second-order valence-electron chi connectivity index (χ2n) is 7.39. The largest absolute Gasteiger partial charge is 0.492 e. The summed E-state index contributed by atoms with van der Waals surface area (Å²) in [5.74, 6) is 1.50. The van der Waals surface area contributed by atoms with E-state index in [4.69, 9.17) is 9.47 Å². The minimum Gasteiger partial charge on any atom is -0.492 e. The lowest BCUT2D eigenvalue weighted by Crippen LogP contribution is -2.42. The number of benzene rings is 1. The smallest absolute Gasteiger partial charge is 0.256 e. The normalized spacial score (nSPS) is 20.4. The van der Waals surface area contributed by atoms with Crippen LogP contribution in [0, 0.1) is 5.92 Å². The van der Waals surface area contributed by atoms with Gasteiger partial charge in [-0.15, -0.1) is 0 Å². The first-order chi connectivity index (χ1) is 12.5. The molecule has 0 radical (unpaired) electrons. The minimum atomic E-state index is -0.796. The van der Waals surface area contributed by atoms with E-state index in [-0.39, 0.29) is 5.91 Å². The van der Waals surface area contributed by atoms with Crippen molar-refractivity contribution < 1.29 is 14.3 Å². The summed E-state index contributed by atoms with van der Waals surface area (Å²) in [4.78, 5) is 14.9. The number of amides is 1. The van der Waals surface area contributed by atoms with Crippen molar-refractivity contribution in [1.82, 2.24) is 4.90 Å². The highest BCUT2D eigenvalue weighted by atomic mass is 16.5. The number of nitrogens with one attached hydrogen (secondary N) is 1. The van der Waals surface area contributed by atoms with Crippen LogP contribution in [-0.2, 0) is 9.53 Å². The Hall–Kier alpha value is -1.59. The molecule has 1 aliphatic rings. The molecular formula is C21H34N2O3. The fourth-order valence-corrected chi connectivity index (χ4v) is 3.33. The van der Waals surface area contributed by atoms with Gasteiger partial charge >= 0.3 is 0 Å². The summed E-state index contributed by atoms with van der Waals surface area (Å²) in [6.45, 7) is 12.5. The number of hydrogen-bond acceptors (Lipinski definition) is 4. The zero-order chi connectivity index (χ0) is 19.0. The number of likely N-dealkylation sites (tertiary alicyclic amines) is 1. The molecule has 5 nitrogen and oxygen atoms in total. The summed E-state index contributed by atoms with van der Waals surface area (Å²) >= 11 is 0. The molecule has 2 atom stereocenters. The molecule has 0 aliphatic carbocycles. The molecule has 2 unspecified atom stereocenters. The summed E-state index contributed by atoms with van der Waals surface area (Å²) in [5.41, 5.74) is -0.0400. The van der Waals surface area contributed by atoms with Crippen LogP contribution in [-0.4, -0.2) is 49.3 Å². The van der Waals surface area contributed by atoms with Crippen LogP contribution in [0.15, 0.2) is 24.3 Å². The molecule has 1 aromatic rings. The Morgan fingerprint density at radius 2 is 2.04 bits per heavy atom. The second-order valence-corrected chi connectivity index (χ2v) is 7.39. The molecule has 0 spiro atoms. The van der Waals surface area contributed by atoms with Gasteiger partial charge in [0.05, 0.1) is 0 Å². The molecule has 1 heterocycles. The van der Waals surface area contributed by atoms with Gasteiger partial charge in [-0.1, -0.05) is 13.8 Å². The van der Waals surface area contributed by atoms with E-state index < -0.39 is 5.60 Å². The molecule has 0 aromatic heterocycles. The molecule has 1 aromatic carbocycles. The number of anilines is 1. The molecule has 1 amide bonds. The van der Waals surface area contributed by atoms with Crippen LogP contribution >= 0.6 is 0 Å². The van der Waals surface area contributed by atoms with Gasteiger partial charge in [0.2, 0.25) is 0 Å². The van der Waals surface area contributed by atoms with Crippen LogP contribution in [0.1, 0.15) is 47.0 Å². The first-order valence-corrected chi connectivity index (χ1v) is 9.87. The van der Waals surface area contributed by atoms with Gasteiger partial charge in [0, 0.05) is 25.4 Å². The molecule has 1 aliphatic heterocycles. The molecule has 1 N–H and O–H groups in total. The van der Waals surface area contributed by atoms with Crippen molar-refractivity contribution in [3.8, 4) is 5.75 Å². The SMILES string of the molecule is CCOC(C)(CC)C(=O)Nc1ccc(OCCN2CCCC(C)C2)cc1. The third-order valence-electron chi connectivity index (χ3n) is 5.15. The lowest BCUT2D eigenvalue weighted by Gasteiger charge is -2.30. The highest BCUT2D eigenvalue weighted by molar-refractivity contribution is 5.97. The maximum Gasteiger partial charge on any atom is 0.256 e. The number of hydrogen-bond donors (Lipinski definition) is 1. The first kappa shape index (κ1) is 20.7. The fourth-order valence-electron chi connectivity index (χ4n) is 3.33. The highest BCUT2D eigenvalue weighted by Crippen LogP contribution is 2.21. The van der Waals surface area contributed by atoms with Crippen molar-refractivity contribution in [3.05, 3.63) is 24.3 Å². The summed E-state index contributed by atoms with van der Waals surface area (Å²) in [5, 5.41) is 2.93. The topological polar surface area (TPSA) is 50.8 Å². The maximum absolute atomic E-state index is 12.4. The number of nitrogens with zero attached hydrogens (tertiary/aromatic N) is 1. The van der Waals surface area contributed by atoms with Crippen LogP contribution in [0.25, 0.3) is 0 Å². The average molecular weight is 363 g/mol. The molecule has 1 saturated heterocycles. The molecule has 5 heteroatoms. The summed E-state index contributed by atoms with van der Waals surface area (Å²) in [6.07, 6.45) is 3.25. The number of rotatable bonds is 9. The summed E-state index contributed by atoms with van der Waals surface area (Å²) < 4.78 is 11.5.